The molecular weight excluding hydrogens is 178 g/mol. The number of carbonyl (C=O) groups is 1. The van der Waals surface area contributed by atoms with Crippen LogP contribution >= 0.6 is 0 Å². The standard InChI is InChI=1S/C11H19NO2/c1-7-5-9(11(13)14)8-3-2-4-12-10(8)6-7/h7-10,12H,2-6H2,1H3,(H,13,14)/t7-,8?,9?,10?/m0/s1. The first-order valence-electron chi connectivity index (χ1n) is 5.64. The van der Waals surface area contributed by atoms with Crippen LogP contribution in [0.5, 0.6) is 0 Å². The molecule has 1 heterocycles. The van der Waals surface area contributed by atoms with Crippen LogP contribution in [0.4, 0.5) is 0 Å². The molecule has 0 amide bonds. The molecule has 1 saturated heterocycles. The SMILES string of the molecule is C[C@@H]1CC2NCCCC2C(C(=O)O)C1. The predicted molar refractivity (Wildman–Crippen MR) is 54.0 cm³/mol. The molecule has 3 heteroatoms. The molecule has 4 atom stereocenters. The molecule has 3 nitrogen and oxygen atoms in total. The summed E-state index contributed by atoms with van der Waals surface area (Å²) >= 11 is 0. The Morgan fingerprint density at radius 1 is 1.43 bits per heavy atom. The maximum atomic E-state index is 11.1. The van der Waals surface area contributed by atoms with E-state index in [4.69, 9.17) is 5.11 Å². The molecule has 2 fully saturated rings. The molecule has 0 radical (unpaired) electrons. The van der Waals surface area contributed by atoms with Gasteiger partial charge in [-0.3, -0.25) is 4.79 Å². The summed E-state index contributed by atoms with van der Waals surface area (Å²) in [5, 5.41) is 12.6. The first kappa shape index (κ1) is 9.97. The van der Waals surface area contributed by atoms with Crippen LogP contribution in [0.15, 0.2) is 0 Å². The summed E-state index contributed by atoms with van der Waals surface area (Å²) in [6.45, 7) is 3.24. The van der Waals surface area contributed by atoms with Crippen LogP contribution in [0.3, 0.4) is 0 Å². The van der Waals surface area contributed by atoms with Gasteiger partial charge in [-0.2, -0.15) is 0 Å². The lowest BCUT2D eigenvalue weighted by Gasteiger charge is -2.42. The average molecular weight is 197 g/mol. The van der Waals surface area contributed by atoms with Gasteiger partial charge in [0.2, 0.25) is 0 Å². The Labute approximate surface area is 84.9 Å². The van der Waals surface area contributed by atoms with E-state index in [2.05, 4.69) is 12.2 Å². The van der Waals surface area contributed by atoms with Gasteiger partial charge in [-0.05, 0) is 44.1 Å². The molecule has 3 unspecified atom stereocenters. The van der Waals surface area contributed by atoms with E-state index in [1.165, 1.54) is 0 Å². The Bertz CT molecular complexity index is 229. The van der Waals surface area contributed by atoms with Gasteiger partial charge >= 0.3 is 5.97 Å². The number of fused-ring (bicyclic) bond motifs is 1. The fourth-order valence-corrected chi connectivity index (χ4v) is 3.14. The Morgan fingerprint density at radius 2 is 2.21 bits per heavy atom. The highest BCUT2D eigenvalue weighted by molar-refractivity contribution is 5.70. The topological polar surface area (TPSA) is 49.3 Å². The number of hydrogen-bond donors (Lipinski definition) is 2. The van der Waals surface area contributed by atoms with Gasteiger partial charge in [-0.25, -0.2) is 0 Å². The van der Waals surface area contributed by atoms with Gasteiger partial charge in [-0.15, -0.1) is 0 Å². The van der Waals surface area contributed by atoms with E-state index in [9.17, 15) is 4.79 Å². The van der Waals surface area contributed by atoms with E-state index >= 15 is 0 Å². The third-order valence-electron chi connectivity index (χ3n) is 3.78. The minimum Gasteiger partial charge on any atom is -0.481 e. The van der Waals surface area contributed by atoms with Crippen molar-refractivity contribution in [1.29, 1.82) is 0 Å². The van der Waals surface area contributed by atoms with Gasteiger partial charge in [0, 0.05) is 6.04 Å². The third kappa shape index (κ3) is 1.78. The zero-order valence-electron chi connectivity index (χ0n) is 8.70. The molecule has 0 aromatic heterocycles. The normalized spacial score (nSPS) is 42.9. The molecule has 0 bridgehead atoms. The average Bonchev–Trinajstić information content (AvgIpc) is 2.16. The number of hydrogen-bond acceptors (Lipinski definition) is 2. The fourth-order valence-electron chi connectivity index (χ4n) is 3.14. The number of carboxylic acid groups (broad SMARTS) is 1. The molecule has 0 aromatic rings. The molecule has 0 spiro atoms. The van der Waals surface area contributed by atoms with Crippen LogP contribution < -0.4 is 5.32 Å². The van der Waals surface area contributed by atoms with Crippen molar-refractivity contribution in [2.75, 3.05) is 6.54 Å². The lowest BCUT2D eigenvalue weighted by Crippen LogP contribution is -2.50. The smallest absolute Gasteiger partial charge is 0.306 e. The summed E-state index contributed by atoms with van der Waals surface area (Å²) in [5.74, 6) is 0.257. The second kappa shape index (κ2) is 3.89. The molecule has 2 rings (SSSR count). The Kier molecular flexibility index (Phi) is 2.77. The summed E-state index contributed by atoms with van der Waals surface area (Å²) in [6.07, 6.45) is 4.27. The van der Waals surface area contributed by atoms with E-state index in [1.807, 2.05) is 0 Å². The van der Waals surface area contributed by atoms with Crippen molar-refractivity contribution >= 4 is 5.97 Å². The zero-order valence-corrected chi connectivity index (χ0v) is 8.70. The number of nitrogens with one attached hydrogen (secondary N) is 1. The van der Waals surface area contributed by atoms with E-state index in [-0.39, 0.29) is 5.92 Å². The quantitative estimate of drug-likeness (QED) is 0.669. The lowest BCUT2D eigenvalue weighted by molar-refractivity contribution is -0.146. The van der Waals surface area contributed by atoms with Crippen molar-refractivity contribution in [2.24, 2.45) is 17.8 Å². The van der Waals surface area contributed by atoms with Crippen molar-refractivity contribution in [2.45, 2.75) is 38.6 Å². The Hall–Kier alpha value is -0.570. The van der Waals surface area contributed by atoms with E-state index < -0.39 is 5.97 Å². The van der Waals surface area contributed by atoms with Crippen LogP contribution in [0.2, 0.25) is 0 Å². The number of aliphatic carboxylic acids is 1. The molecule has 2 N–H and O–H groups in total. The monoisotopic (exact) mass is 197 g/mol. The van der Waals surface area contributed by atoms with Crippen LogP contribution in [0, 0.1) is 17.8 Å². The number of piperidine rings is 1. The maximum absolute atomic E-state index is 11.1. The molecule has 1 aliphatic heterocycles. The van der Waals surface area contributed by atoms with Crippen molar-refractivity contribution in [3.8, 4) is 0 Å². The highest BCUT2D eigenvalue weighted by atomic mass is 16.4. The van der Waals surface area contributed by atoms with Crippen molar-refractivity contribution < 1.29 is 9.90 Å². The summed E-state index contributed by atoms with van der Waals surface area (Å²) < 4.78 is 0. The lowest BCUT2D eigenvalue weighted by atomic mass is 9.68. The Balaban J connectivity index is 2.10. The molecule has 1 saturated carbocycles. The van der Waals surface area contributed by atoms with Crippen LogP contribution in [-0.4, -0.2) is 23.7 Å². The van der Waals surface area contributed by atoms with Gasteiger partial charge in [0.25, 0.3) is 0 Å². The van der Waals surface area contributed by atoms with Gasteiger partial charge in [0.15, 0.2) is 0 Å². The van der Waals surface area contributed by atoms with E-state index in [0.29, 0.717) is 17.9 Å². The largest absolute Gasteiger partial charge is 0.481 e. The molecule has 0 aromatic carbocycles. The van der Waals surface area contributed by atoms with Crippen molar-refractivity contribution in [1.82, 2.24) is 5.32 Å². The zero-order chi connectivity index (χ0) is 10.1. The minimum absolute atomic E-state index is 0.100. The maximum Gasteiger partial charge on any atom is 0.306 e. The van der Waals surface area contributed by atoms with Gasteiger partial charge in [0.05, 0.1) is 5.92 Å². The summed E-state index contributed by atoms with van der Waals surface area (Å²) in [6, 6.07) is 0.466. The van der Waals surface area contributed by atoms with Gasteiger partial charge in [-0.1, -0.05) is 6.92 Å². The van der Waals surface area contributed by atoms with Crippen molar-refractivity contribution in [3.05, 3.63) is 0 Å². The van der Waals surface area contributed by atoms with E-state index in [0.717, 1.165) is 32.2 Å². The van der Waals surface area contributed by atoms with Crippen LogP contribution in [0.1, 0.15) is 32.6 Å². The summed E-state index contributed by atoms with van der Waals surface area (Å²) in [4.78, 5) is 11.1. The van der Waals surface area contributed by atoms with E-state index in [1.54, 1.807) is 0 Å². The summed E-state index contributed by atoms with van der Waals surface area (Å²) in [7, 11) is 0. The first-order chi connectivity index (χ1) is 6.68. The molecule has 14 heavy (non-hydrogen) atoms. The predicted octanol–water partition coefficient (Wildman–Crippen LogP) is 1.49. The highest BCUT2D eigenvalue weighted by Gasteiger charge is 2.40. The molecule has 80 valence electrons. The molecule has 1 aliphatic carbocycles. The fraction of sp³-hybridized carbons (Fsp3) is 0.909. The van der Waals surface area contributed by atoms with Crippen LogP contribution in [0.25, 0.3) is 0 Å². The van der Waals surface area contributed by atoms with Crippen LogP contribution in [-0.2, 0) is 4.79 Å². The van der Waals surface area contributed by atoms with Gasteiger partial charge < -0.3 is 10.4 Å². The van der Waals surface area contributed by atoms with Crippen molar-refractivity contribution in [3.63, 3.8) is 0 Å². The number of carboxylic acids is 1. The first-order valence-corrected chi connectivity index (χ1v) is 5.64. The second-order valence-corrected chi connectivity index (χ2v) is 4.89. The minimum atomic E-state index is -0.588. The molecular formula is C11H19NO2. The number of rotatable bonds is 1. The highest BCUT2D eigenvalue weighted by Crippen LogP contribution is 2.38. The molecule has 2 aliphatic rings. The third-order valence-corrected chi connectivity index (χ3v) is 3.78. The Morgan fingerprint density at radius 3 is 2.93 bits per heavy atom. The summed E-state index contributed by atoms with van der Waals surface area (Å²) in [5.41, 5.74) is 0. The van der Waals surface area contributed by atoms with Gasteiger partial charge in [0.1, 0.15) is 0 Å². The second-order valence-electron chi connectivity index (χ2n) is 4.89.